The number of nitrogens with one attached hydrogen (secondary N) is 4. The van der Waals surface area contributed by atoms with Gasteiger partial charge in [0.25, 0.3) is 0 Å². The molecule has 4 aliphatic carbocycles. The van der Waals surface area contributed by atoms with Crippen LogP contribution in [0.15, 0.2) is 0 Å². The summed E-state index contributed by atoms with van der Waals surface area (Å²) in [5.74, 6) is 5.91. The Morgan fingerprint density at radius 2 is 0.667 bits per heavy atom. The Morgan fingerprint density at radius 3 is 0.976 bits per heavy atom. The fourth-order valence-corrected chi connectivity index (χ4v) is 12.7. The van der Waals surface area contributed by atoms with Crippen LogP contribution in [0, 0.1) is 35.5 Å². The van der Waals surface area contributed by atoms with Gasteiger partial charge in [-0.1, -0.05) is 0 Å². The van der Waals surface area contributed by atoms with Gasteiger partial charge in [0.1, 0.15) is 0 Å². The predicted octanol–water partition coefficient (Wildman–Crippen LogP) is 5.60. The molecular weight excluding hydrogens is 516 g/mol. The summed E-state index contributed by atoms with van der Waals surface area (Å²) in [6.07, 6.45) is 31.1. The Labute approximate surface area is 257 Å². The van der Waals surface area contributed by atoms with Crippen LogP contribution in [0.25, 0.3) is 0 Å². The summed E-state index contributed by atoms with van der Waals surface area (Å²) in [4.78, 5) is 6.21. The van der Waals surface area contributed by atoms with Crippen molar-refractivity contribution in [1.82, 2.24) is 31.1 Å². The monoisotopic (exact) mass is 581 g/mol. The molecule has 0 spiro atoms. The van der Waals surface area contributed by atoms with Crippen LogP contribution in [0.5, 0.6) is 0 Å². The lowest BCUT2D eigenvalue weighted by Crippen LogP contribution is -2.68. The average Bonchev–Trinajstić information content (AvgIpc) is 3.07. The van der Waals surface area contributed by atoms with Gasteiger partial charge in [-0.3, -0.25) is 9.80 Å². The van der Waals surface area contributed by atoms with Crippen LogP contribution in [0.4, 0.5) is 0 Å². The Hall–Kier alpha value is -0.240. The average molecular weight is 581 g/mol. The maximum absolute atomic E-state index is 4.06. The van der Waals surface area contributed by atoms with Crippen molar-refractivity contribution in [3.05, 3.63) is 0 Å². The molecule has 12 unspecified atom stereocenters. The van der Waals surface area contributed by atoms with E-state index in [0.29, 0.717) is 24.7 Å². The van der Waals surface area contributed by atoms with Gasteiger partial charge in [0.2, 0.25) is 0 Å². The Kier molecular flexibility index (Phi) is 9.20. The van der Waals surface area contributed by atoms with E-state index in [9.17, 15) is 0 Å². The quantitative estimate of drug-likeness (QED) is 0.328. The smallest absolute Gasteiger partial charge is 0.0613 e. The molecule has 8 aliphatic rings. The first-order chi connectivity index (χ1) is 20.9. The zero-order valence-corrected chi connectivity index (χ0v) is 26.8. The van der Waals surface area contributed by atoms with Gasteiger partial charge < -0.3 is 21.3 Å². The Bertz CT molecular complexity index is 753. The predicted molar refractivity (Wildman–Crippen MR) is 172 cm³/mol. The van der Waals surface area contributed by atoms with Gasteiger partial charge in [0.15, 0.2) is 0 Å². The van der Waals surface area contributed by atoms with E-state index in [0.717, 1.165) is 47.6 Å². The molecule has 8 fully saturated rings. The highest BCUT2D eigenvalue weighted by Gasteiger charge is 2.58. The Balaban J connectivity index is 1.08. The third-order valence-corrected chi connectivity index (χ3v) is 14.3. The van der Waals surface area contributed by atoms with E-state index in [1.54, 1.807) is 0 Å². The lowest BCUT2D eigenvalue weighted by Gasteiger charge is -2.64. The Morgan fingerprint density at radius 1 is 0.333 bits per heavy atom. The lowest BCUT2D eigenvalue weighted by atomic mass is 9.46. The number of nitrogens with zero attached hydrogens (tertiary/aromatic N) is 2. The molecule has 0 aromatic carbocycles. The third-order valence-electron chi connectivity index (χ3n) is 14.3. The zero-order chi connectivity index (χ0) is 27.9. The first-order valence-electron chi connectivity index (χ1n) is 19.4. The van der Waals surface area contributed by atoms with E-state index in [1.807, 2.05) is 0 Å². The number of hydrogen-bond donors (Lipinski definition) is 4. The van der Waals surface area contributed by atoms with Crippen LogP contribution in [0.1, 0.15) is 128 Å². The van der Waals surface area contributed by atoms with E-state index in [4.69, 9.17) is 0 Å². The van der Waals surface area contributed by atoms with Crippen LogP contribution in [0.2, 0.25) is 0 Å². The van der Waals surface area contributed by atoms with E-state index in [-0.39, 0.29) is 0 Å². The van der Waals surface area contributed by atoms with Crippen molar-refractivity contribution in [2.24, 2.45) is 35.5 Å². The van der Waals surface area contributed by atoms with Gasteiger partial charge in [0.05, 0.1) is 24.7 Å². The van der Waals surface area contributed by atoms with E-state index in [2.05, 4.69) is 31.1 Å². The fourth-order valence-electron chi connectivity index (χ4n) is 12.7. The molecule has 0 aromatic rings. The summed E-state index contributed by atoms with van der Waals surface area (Å²) in [6, 6.07) is 1.60. The highest BCUT2D eigenvalue weighted by molar-refractivity contribution is 5.09. The molecule has 6 nitrogen and oxygen atoms in total. The molecule has 0 bridgehead atoms. The molecule has 4 N–H and O–H groups in total. The van der Waals surface area contributed by atoms with Crippen molar-refractivity contribution in [2.75, 3.05) is 26.2 Å². The zero-order valence-electron chi connectivity index (χ0n) is 26.8. The highest BCUT2D eigenvalue weighted by Crippen LogP contribution is 2.61. The highest BCUT2D eigenvalue weighted by atomic mass is 15.4. The van der Waals surface area contributed by atoms with E-state index < -0.39 is 0 Å². The number of piperidine rings is 4. The summed E-state index contributed by atoms with van der Waals surface area (Å²) in [7, 11) is 0. The standard InChI is InChI=1S/C36H64N6/c1-5-21-37-31(9-1)41(32-10-2-6-22-38-32)29-19-15-25-14-18-28-30(20-16-26-13-17-27(29)35(25)36(26)28)42(33-11-3-7-23-39-33)34-12-4-8-24-40-34/h25-40H,1-24H2. The van der Waals surface area contributed by atoms with Gasteiger partial charge in [-0.2, -0.15) is 0 Å². The molecule has 0 radical (unpaired) electrons. The minimum Gasteiger partial charge on any atom is -0.302 e. The molecule has 6 heteroatoms. The maximum Gasteiger partial charge on any atom is 0.0613 e. The molecule has 238 valence electrons. The first-order valence-corrected chi connectivity index (χ1v) is 19.4. The molecule has 4 saturated carbocycles. The minimum absolute atomic E-state index is 0.609. The van der Waals surface area contributed by atoms with Crippen LogP contribution < -0.4 is 21.3 Å². The summed E-state index contributed by atoms with van der Waals surface area (Å²) >= 11 is 0. The topological polar surface area (TPSA) is 54.6 Å². The normalized spacial score (nSPS) is 48.1. The van der Waals surface area contributed by atoms with Gasteiger partial charge in [-0.25, -0.2) is 0 Å². The van der Waals surface area contributed by atoms with Crippen LogP contribution in [-0.2, 0) is 0 Å². The summed E-state index contributed by atoms with van der Waals surface area (Å²) in [5, 5.41) is 16.2. The molecule has 4 saturated heterocycles. The van der Waals surface area contributed by atoms with E-state index in [1.165, 1.54) is 155 Å². The van der Waals surface area contributed by atoms with Crippen molar-refractivity contribution >= 4 is 0 Å². The summed E-state index contributed by atoms with van der Waals surface area (Å²) in [5.41, 5.74) is 0. The molecule has 4 heterocycles. The van der Waals surface area contributed by atoms with Crippen LogP contribution in [0.3, 0.4) is 0 Å². The van der Waals surface area contributed by atoms with Gasteiger partial charge in [0, 0.05) is 12.1 Å². The summed E-state index contributed by atoms with van der Waals surface area (Å²) in [6.45, 7) is 4.91. The van der Waals surface area contributed by atoms with Crippen molar-refractivity contribution in [2.45, 2.75) is 165 Å². The molecule has 12 atom stereocenters. The second-order valence-electron chi connectivity index (χ2n) is 16.2. The maximum atomic E-state index is 4.06. The van der Waals surface area contributed by atoms with Gasteiger partial charge in [-0.15, -0.1) is 0 Å². The third kappa shape index (κ3) is 5.55. The SMILES string of the molecule is C1CCC(N(C2CCCCN2)C2CCC3CCC4C5C(CCC2C35)CCC4N(C2CCCCN2)C2CCCCN2)NC1. The molecule has 4 aliphatic heterocycles. The van der Waals surface area contributed by atoms with Crippen LogP contribution >= 0.6 is 0 Å². The molecule has 0 aromatic heterocycles. The lowest BCUT2D eigenvalue weighted by molar-refractivity contribution is -0.153. The molecule has 0 amide bonds. The van der Waals surface area contributed by atoms with Gasteiger partial charge in [-0.05, 0) is 190 Å². The molecular formula is C36H64N6. The molecule has 8 rings (SSSR count). The van der Waals surface area contributed by atoms with Crippen molar-refractivity contribution in [3.63, 3.8) is 0 Å². The second-order valence-corrected chi connectivity index (χ2v) is 16.2. The summed E-state index contributed by atoms with van der Waals surface area (Å²) < 4.78 is 0. The number of rotatable bonds is 6. The first kappa shape index (κ1) is 29.2. The number of hydrogen-bond acceptors (Lipinski definition) is 6. The molecule has 42 heavy (non-hydrogen) atoms. The second kappa shape index (κ2) is 13.2. The van der Waals surface area contributed by atoms with Crippen molar-refractivity contribution < 1.29 is 0 Å². The van der Waals surface area contributed by atoms with E-state index >= 15 is 0 Å². The van der Waals surface area contributed by atoms with Crippen molar-refractivity contribution in [1.29, 1.82) is 0 Å². The van der Waals surface area contributed by atoms with Crippen molar-refractivity contribution in [3.8, 4) is 0 Å². The van der Waals surface area contributed by atoms with Crippen LogP contribution in [-0.4, -0.2) is 72.7 Å². The van der Waals surface area contributed by atoms with Gasteiger partial charge >= 0.3 is 0 Å². The largest absolute Gasteiger partial charge is 0.302 e. The minimum atomic E-state index is 0.609. The fraction of sp³-hybridized carbons (Fsp3) is 1.00.